The summed E-state index contributed by atoms with van der Waals surface area (Å²) >= 11 is 5.94. The van der Waals surface area contributed by atoms with Gasteiger partial charge in [0, 0.05) is 57.5 Å². The summed E-state index contributed by atoms with van der Waals surface area (Å²) in [4.78, 5) is 18.7. The van der Waals surface area contributed by atoms with E-state index in [9.17, 15) is 4.79 Å². The highest BCUT2D eigenvalue weighted by atomic mass is 35.5. The van der Waals surface area contributed by atoms with Gasteiger partial charge in [0.15, 0.2) is 0 Å². The van der Waals surface area contributed by atoms with Gasteiger partial charge in [-0.05, 0) is 35.4 Å². The van der Waals surface area contributed by atoms with Crippen molar-refractivity contribution in [3.63, 3.8) is 0 Å². The van der Waals surface area contributed by atoms with Crippen LogP contribution in [0.15, 0.2) is 53.6 Å². The van der Waals surface area contributed by atoms with E-state index in [1.54, 1.807) is 6.21 Å². The molecule has 2 aromatic rings. The summed E-state index contributed by atoms with van der Waals surface area (Å²) in [5, 5.41) is 4.84. The number of benzene rings is 2. The second-order valence-corrected chi connectivity index (χ2v) is 7.89. The Bertz CT molecular complexity index is 812. The summed E-state index contributed by atoms with van der Waals surface area (Å²) in [6, 6.07) is 16.0. The number of nitrogens with one attached hydrogen (secondary N) is 1. The lowest BCUT2D eigenvalue weighted by molar-refractivity contribution is -0.122. The summed E-state index contributed by atoms with van der Waals surface area (Å²) in [6.07, 6.45) is 1.67. The molecule has 0 saturated carbocycles. The Kier molecular flexibility index (Phi) is 7.63. The standard InChI is InChI=1S/C22H28ClN5O/c1-26(2)21-9-5-18(6-10-21)15-24-25-22(29)17-28-13-11-27(12-14-28)16-19-3-7-20(23)8-4-19/h3-10,15H,11-14,16-17H2,1-2H3,(H,25,29)/b24-15-. The maximum Gasteiger partial charge on any atom is 0.254 e. The number of carbonyl (C=O) groups excluding carboxylic acids is 1. The summed E-state index contributed by atoms with van der Waals surface area (Å²) in [5.41, 5.74) is 5.96. The van der Waals surface area contributed by atoms with Crippen molar-refractivity contribution < 1.29 is 4.79 Å². The summed E-state index contributed by atoms with van der Waals surface area (Å²) < 4.78 is 0. The van der Waals surface area contributed by atoms with E-state index in [1.165, 1.54) is 5.56 Å². The first-order chi connectivity index (χ1) is 14.0. The van der Waals surface area contributed by atoms with Gasteiger partial charge in [0.2, 0.25) is 0 Å². The normalized spacial score (nSPS) is 15.6. The number of piperazine rings is 1. The Hall–Kier alpha value is -2.41. The number of rotatable bonds is 7. The molecule has 0 aliphatic carbocycles. The monoisotopic (exact) mass is 413 g/mol. The van der Waals surface area contributed by atoms with Gasteiger partial charge in [0.25, 0.3) is 5.91 Å². The molecule has 1 saturated heterocycles. The Morgan fingerprint density at radius 2 is 1.66 bits per heavy atom. The van der Waals surface area contributed by atoms with E-state index in [-0.39, 0.29) is 5.91 Å². The minimum Gasteiger partial charge on any atom is -0.378 e. The van der Waals surface area contributed by atoms with Crippen molar-refractivity contribution in [2.45, 2.75) is 6.54 Å². The molecule has 154 valence electrons. The zero-order valence-corrected chi connectivity index (χ0v) is 17.8. The number of amides is 1. The van der Waals surface area contributed by atoms with Crippen LogP contribution in [0, 0.1) is 0 Å². The number of hydrogen-bond acceptors (Lipinski definition) is 5. The van der Waals surface area contributed by atoms with Crippen molar-refractivity contribution in [2.24, 2.45) is 5.10 Å². The van der Waals surface area contributed by atoms with E-state index in [4.69, 9.17) is 11.6 Å². The average molecular weight is 414 g/mol. The first-order valence-corrected chi connectivity index (χ1v) is 10.2. The Morgan fingerprint density at radius 1 is 1.03 bits per heavy atom. The molecule has 1 N–H and O–H groups in total. The molecule has 1 aliphatic heterocycles. The molecular formula is C22H28ClN5O. The molecule has 1 heterocycles. The van der Waals surface area contributed by atoms with Gasteiger partial charge in [-0.2, -0.15) is 5.10 Å². The molecule has 0 atom stereocenters. The first-order valence-electron chi connectivity index (χ1n) is 9.78. The van der Waals surface area contributed by atoms with Crippen LogP contribution in [0.2, 0.25) is 5.02 Å². The van der Waals surface area contributed by atoms with Crippen molar-refractivity contribution >= 4 is 29.4 Å². The fraction of sp³-hybridized carbons (Fsp3) is 0.364. The predicted molar refractivity (Wildman–Crippen MR) is 120 cm³/mol. The second-order valence-electron chi connectivity index (χ2n) is 7.46. The molecule has 2 aromatic carbocycles. The fourth-order valence-electron chi connectivity index (χ4n) is 3.23. The first kappa shape index (κ1) is 21.3. The number of carbonyl (C=O) groups is 1. The third-order valence-electron chi connectivity index (χ3n) is 4.96. The minimum atomic E-state index is -0.0858. The van der Waals surface area contributed by atoms with Gasteiger partial charge in [-0.3, -0.25) is 14.6 Å². The molecule has 6 nitrogen and oxygen atoms in total. The van der Waals surface area contributed by atoms with Gasteiger partial charge in [-0.15, -0.1) is 0 Å². The van der Waals surface area contributed by atoms with Crippen LogP contribution in [0.4, 0.5) is 5.69 Å². The van der Waals surface area contributed by atoms with E-state index >= 15 is 0 Å². The van der Waals surface area contributed by atoms with Crippen LogP contribution in [-0.2, 0) is 11.3 Å². The molecule has 0 spiro atoms. The minimum absolute atomic E-state index is 0.0858. The summed E-state index contributed by atoms with van der Waals surface area (Å²) in [5.74, 6) is -0.0858. The average Bonchev–Trinajstić information content (AvgIpc) is 2.71. The lowest BCUT2D eigenvalue weighted by atomic mass is 10.2. The molecule has 0 bridgehead atoms. The highest BCUT2D eigenvalue weighted by molar-refractivity contribution is 6.30. The third-order valence-corrected chi connectivity index (χ3v) is 5.22. The highest BCUT2D eigenvalue weighted by Crippen LogP contribution is 2.13. The van der Waals surface area contributed by atoms with Crippen LogP contribution < -0.4 is 10.3 Å². The topological polar surface area (TPSA) is 51.2 Å². The predicted octanol–water partition coefficient (Wildman–Crippen LogP) is 2.67. The Labute approximate surface area is 177 Å². The van der Waals surface area contributed by atoms with Crippen molar-refractivity contribution in [3.8, 4) is 0 Å². The zero-order chi connectivity index (χ0) is 20.6. The molecule has 1 fully saturated rings. The summed E-state index contributed by atoms with van der Waals surface area (Å²) in [7, 11) is 4.00. The van der Waals surface area contributed by atoms with Crippen molar-refractivity contribution in [2.75, 3.05) is 51.7 Å². The maximum atomic E-state index is 12.2. The van der Waals surface area contributed by atoms with Crippen molar-refractivity contribution in [1.29, 1.82) is 0 Å². The van der Waals surface area contributed by atoms with Crippen LogP contribution in [0.3, 0.4) is 0 Å². The van der Waals surface area contributed by atoms with Crippen molar-refractivity contribution in [1.82, 2.24) is 15.2 Å². The summed E-state index contributed by atoms with van der Waals surface area (Å²) in [6.45, 7) is 4.90. The van der Waals surface area contributed by atoms with E-state index in [1.807, 2.05) is 55.4 Å². The lowest BCUT2D eigenvalue weighted by Gasteiger charge is -2.34. The molecule has 3 rings (SSSR count). The van der Waals surface area contributed by atoms with E-state index in [0.29, 0.717) is 6.54 Å². The number of hydrogen-bond donors (Lipinski definition) is 1. The van der Waals surface area contributed by atoms with Crippen LogP contribution in [-0.4, -0.2) is 68.7 Å². The second kappa shape index (κ2) is 10.4. The van der Waals surface area contributed by atoms with Crippen molar-refractivity contribution in [3.05, 3.63) is 64.7 Å². The number of anilines is 1. The molecule has 29 heavy (non-hydrogen) atoms. The smallest absolute Gasteiger partial charge is 0.254 e. The third kappa shape index (κ3) is 6.85. The lowest BCUT2D eigenvalue weighted by Crippen LogP contribution is -2.48. The SMILES string of the molecule is CN(C)c1ccc(/C=N\NC(=O)CN2CCN(Cc3ccc(Cl)cc3)CC2)cc1. The number of halogens is 1. The Morgan fingerprint density at radius 3 is 2.28 bits per heavy atom. The quantitative estimate of drug-likeness (QED) is 0.560. The van der Waals surface area contributed by atoms with Crippen LogP contribution in [0.25, 0.3) is 0 Å². The number of nitrogens with zero attached hydrogens (tertiary/aromatic N) is 4. The molecule has 0 radical (unpaired) electrons. The molecule has 1 aliphatic rings. The maximum absolute atomic E-state index is 12.2. The van der Waals surface area contributed by atoms with Gasteiger partial charge < -0.3 is 4.90 Å². The van der Waals surface area contributed by atoms with Crippen LogP contribution in [0.5, 0.6) is 0 Å². The van der Waals surface area contributed by atoms with Crippen LogP contribution in [0.1, 0.15) is 11.1 Å². The van der Waals surface area contributed by atoms with E-state index in [2.05, 4.69) is 32.5 Å². The largest absolute Gasteiger partial charge is 0.378 e. The zero-order valence-electron chi connectivity index (χ0n) is 17.0. The molecular weight excluding hydrogens is 386 g/mol. The van der Waals surface area contributed by atoms with Crippen LogP contribution >= 0.6 is 11.6 Å². The molecule has 7 heteroatoms. The molecule has 0 aromatic heterocycles. The molecule has 0 unspecified atom stereocenters. The van der Waals surface area contributed by atoms with E-state index < -0.39 is 0 Å². The number of hydrazone groups is 1. The van der Waals surface area contributed by atoms with Gasteiger partial charge in [-0.25, -0.2) is 5.43 Å². The highest BCUT2D eigenvalue weighted by Gasteiger charge is 2.18. The molecule has 1 amide bonds. The van der Waals surface area contributed by atoms with Gasteiger partial charge in [0.05, 0.1) is 12.8 Å². The fourth-order valence-corrected chi connectivity index (χ4v) is 3.36. The van der Waals surface area contributed by atoms with Gasteiger partial charge in [0.1, 0.15) is 0 Å². The van der Waals surface area contributed by atoms with E-state index in [0.717, 1.165) is 49.0 Å². The Balaban J connectivity index is 1.37. The van der Waals surface area contributed by atoms with Gasteiger partial charge >= 0.3 is 0 Å². The van der Waals surface area contributed by atoms with Gasteiger partial charge in [-0.1, -0.05) is 35.9 Å².